The summed E-state index contributed by atoms with van der Waals surface area (Å²) in [6.45, 7) is 5.78. The fourth-order valence-electron chi connectivity index (χ4n) is 1.69. The van der Waals surface area contributed by atoms with Gasteiger partial charge >= 0.3 is 5.97 Å². The van der Waals surface area contributed by atoms with Crippen LogP contribution >= 0.6 is 0 Å². The lowest BCUT2D eigenvalue weighted by Gasteiger charge is -2.24. The van der Waals surface area contributed by atoms with Gasteiger partial charge in [0.15, 0.2) is 0 Å². The van der Waals surface area contributed by atoms with Crippen LogP contribution in [0.3, 0.4) is 0 Å². The highest BCUT2D eigenvalue weighted by atomic mass is 16.5. The summed E-state index contributed by atoms with van der Waals surface area (Å²) in [5, 5.41) is 0. The van der Waals surface area contributed by atoms with Gasteiger partial charge in [0.25, 0.3) is 0 Å². The lowest BCUT2D eigenvalue weighted by Crippen LogP contribution is -2.40. The van der Waals surface area contributed by atoms with E-state index in [0.717, 1.165) is 5.56 Å². The van der Waals surface area contributed by atoms with E-state index in [4.69, 9.17) is 4.74 Å². The van der Waals surface area contributed by atoms with Crippen molar-refractivity contribution in [3.63, 3.8) is 0 Å². The van der Waals surface area contributed by atoms with Gasteiger partial charge in [-0.3, -0.25) is 9.59 Å². The van der Waals surface area contributed by atoms with Crippen LogP contribution in [0.1, 0.15) is 26.3 Å². The van der Waals surface area contributed by atoms with Crippen molar-refractivity contribution in [3.05, 3.63) is 42.0 Å². The Labute approximate surface area is 120 Å². The van der Waals surface area contributed by atoms with Gasteiger partial charge in [-0.2, -0.15) is 0 Å². The Morgan fingerprint density at radius 2 is 1.90 bits per heavy atom. The smallest absolute Gasteiger partial charge is 0.325 e. The number of hydrogen-bond acceptors (Lipinski definition) is 3. The predicted octanol–water partition coefficient (Wildman–Crippen LogP) is 2.50. The number of carbonyl (C=O) groups is 2. The Morgan fingerprint density at radius 1 is 1.25 bits per heavy atom. The Bertz CT molecular complexity index is 466. The summed E-state index contributed by atoms with van der Waals surface area (Å²) in [5.74, 6) is -0.584. The highest BCUT2D eigenvalue weighted by Crippen LogP contribution is 2.05. The lowest BCUT2D eigenvalue weighted by molar-refractivity contribution is -0.148. The number of rotatable bonds is 6. The van der Waals surface area contributed by atoms with Gasteiger partial charge in [0.05, 0.1) is 6.61 Å². The van der Waals surface area contributed by atoms with Crippen molar-refractivity contribution in [2.45, 2.75) is 26.8 Å². The maximum Gasteiger partial charge on any atom is 0.325 e. The molecule has 4 heteroatoms. The molecule has 0 fully saturated rings. The second kappa shape index (κ2) is 8.15. The minimum absolute atomic E-state index is 0.0243. The first-order chi connectivity index (χ1) is 9.54. The van der Waals surface area contributed by atoms with Crippen molar-refractivity contribution >= 4 is 18.0 Å². The molecule has 1 aromatic carbocycles. The van der Waals surface area contributed by atoms with E-state index in [1.807, 2.05) is 44.2 Å². The maximum atomic E-state index is 12.1. The number of amides is 1. The second-order valence-electron chi connectivity index (χ2n) is 4.61. The second-order valence-corrected chi connectivity index (χ2v) is 4.61. The average Bonchev–Trinajstić information content (AvgIpc) is 2.43. The monoisotopic (exact) mass is 275 g/mol. The summed E-state index contributed by atoms with van der Waals surface area (Å²) >= 11 is 0. The minimum atomic E-state index is -0.386. The van der Waals surface area contributed by atoms with Crippen molar-refractivity contribution in [2.24, 2.45) is 0 Å². The molecule has 0 aliphatic heterocycles. The van der Waals surface area contributed by atoms with E-state index in [1.54, 1.807) is 13.0 Å². The van der Waals surface area contributed by atoms with E-state index in [9.17, 15) is 9.59 Å². The zero-order valence-electron chi connectivity index (χ0n) is 12.2. The summed E-state index contributed by atoms with van der Waals surface area (Å²) in [4.78, 5) is 25.1. The molecule has 0 saturated carbocycles. The van der Waals surface area contributed by atoms with Crippen molar-refractivity contribution in [1.29, 1.82) is 0 Å². The topological polar surface area (TPSA) is 46.6 Å². The fraction of sp³-hybridized carbons (Fsp3) is 0.375. The number of esters is 1. The van der Waals surface area contributed by atoms with Crippen molar-refractivity contribution in [2.75, 3.05) is 13.2 Å². The van der Waals surface area contributed by atoms with Crippen LogP contribution in [0.2, 0.25) is 0 Å². The summed E-state index contributed by atoms with van der Waals surface area (Å²) in [6, 6.07) is 9.49. The molecule has 0 aliphatic rings. The number of ether oxygens (including phenoxy) is 1. The third kappa shape index (κ3) is 5.26. The van der Waals surface area contributed by atoms with Gasteiger partial charge in [0.2, 0.25) is 5.91 Å². The highest BCUT2D eigenvalue weighted by Gasteiger charge is 2.18. The van der Waals surface area contributed by atoms with Crippen LogP contribution in [-0.4, -0.2) is 36.0 Å². The highest BCUT2D eigenvalue weighted by molar-refractivity contribution is 5.93. The normalized spacial score (nSPS) is 10.8. The zero-order valence-corrected chi connectivity index (χ0v) is 12.2. The largest absolute Gasteiger partial charge is 0.465 e. The summed E-state index contributed by atoms with van der Waals surface area (Å²) in [6.07, 6.45) is 3.22. The minimum Gasteiger partial charge on any atom is -0.465 e. The van der Waals surface area contributed by atoms with E-state index in [2.05, 4.69) is 0 Å². The Kier molecular flexibility index (Phi) is 6.50. The van der Waals surface area contributed by atoms with Gasteiger partial charge in [0, 0.05) is 12.1 Å². The molecule has 0 atom stereocenters. The molecule has 0 aromatic heterocycles. The van der Waals surface area contributed by atoms with Gasteiger partial charge in [-0.1, -0.05) is 30.3 Å². The number of hydrogen-bond donors (Lipinski definition) is 0. The van der Waals surface area contributed by atoms with Crippen LogP contribution in [0.5, 0.6) is 0 Å². The number of carbonyl (C=O) groups excluding carboxylic acids is 2. The first kappa shape index (κ1) is 16.0. The first-order valence-electron chi connectivity index (χ1n) is 6.74. The molecule has 0 N–H and O–H groups in total. The molecule has 0 unspecified atom stereocenters. The molecule has 1 amide bonds. The summed E-state index contributed by atoms with van der Waals surface area (Å²) < 4.78 is 4.88. The third-order valence-corrected chi connectivity index (χ3v) is 2.73. The molecule has 0 bridgehead atoms. The molecule has 1 rings (SSSR count). The van der Waals surface area contributed by atoms with Crippen molar-refractivity contribution in [3.8, 4) is 0 Å². The van der Waals surface area contributed by atoms with Gasteiger partial charge < -0.3 is 9.64 Å². The molecule has 0 heterocycles. The molecule has 0 radical (unpaired) electrons. The van der Waals surface area contributed by atoms with Gasteiger partial charge in [-0.15, -0.1) is 0 Å². The van der Waals surface area contributed by atoms with Gasteiger partial charge in [-0.05, 0) is 32.4 Å². The SMILES string of the molecule is CCOC(=O)CN(C(=O)/C=C/c1ccccc1)C(C)C. The van der Waals surface area contributed by atoms with Crippen LogP contribution in [0.4, 0.5) is 0 Å². The van der Waals surface area contributed by atoms with E-state index in [0.29, 0.717) is 6.61 Å². The van der Waals surface area contributed by atoms with Crippen LogP contribution in [0, 0.1) is 0 Å². The van der Waals surface area contributed by atoms with Crippen LogP contribution < -0.4 is 0 Å². The quantitative estimate of drug-likeness (QED) is 0.592. The molecule has 20 heavy (non-hydrogen) atoms. The Balaban J connectivity index is 2.69. The van der Waals surface area contributed by atoms with E-state index < -0.39 is 0 Å². The van der Waals surface area contributed by atoms with Crippen LogP contribution in [0.15, 0.2) is 36.4 Å². The van der Waals surface area contributed by atoms with Crippen LogP contribution in [-0.2, 0) is 14.3 Å². The molecule has 108 valence electrons. The molecular formula is C16H21NO3. The summed E-state index contributed by atoms with van der Waals surface area (Å²) in [5.41, 5.74) is 0.945. The standard InChI is InChI=1S/C16H21NO3/c1-4-20-16(19)12-17(13(2)3)15(18)11-10-14-8-6-5-7-9-14/h5-11,13H,4,12H2,1-3H3/b11-10+. The lowest BCUT2D eigenvalue weighted by atomic mass is 10.2. The van der Waals surface area contributed by atoms with Gasteiger partial charge in [0.1, 0.15) is 6.54 Å². The van der Waals surface area contributed by atoms with Crippen LogP contribution in [0.25, 0.3) is 6.08 Å². The molecule has 0 spiro atoms. The Morgan fingerprint density at radius 3 is 2.45 bits per heavy atom. The summed E-state index contributed by atoms with van der Waals surface area (Å²) in [7, 11) is 0. The fourth-order valence-corrected chi connectivity index (χ4v) is 1.69. The number of nitrogens with zero attached hydrogens (tertiary/aromatic N) is 1. The van der Waals surface area contributed by atoms with E-state index >= 15 is 0 Å². The van der Waals surface area contributed by atoms with Crippen molar-refractivity contribution < 1.29 is 14.3 Å². The molecule has 1 aromatic rings. The van der Waals surface area contributed by atoms with E-state index in [1.165, 1.54) is 11.0 Å². The van der Waals surface area contributed by atoms with Gasteiger partial charge in [-0.25, -0.2) is 0 Å². The third-order valence-electron chi connectivity index (χ3n) is 2.73. The van der Waals surface area contributed by atoms with Crippen molar-refractivity contribution in [1.82, 2.24) is 4.90 Å². The zero-order chi connectivity index (χ0) is 15.0. The van der Waals surface area contributed by atoms with E-state index in [-0.39, 0.29) is 24.5 Å². The Hall–Kier alpha value is -2.10. The predicted molar refractivity (Wildman–Crippen MR) is 79.0 cm³/mol. The molecule has 4 nitrogen and oxygen atoms in total. The average molecular weight is 275 g/mol. The molecular weight excluding hydrogens is 254 g/mol. The molecule has 0 aliphatic carbocycles. The maximum absolute atomic E-state index is 12.1. The molecule has 0 saturated heterocycles. The number of benzene rings is 1. The first-order valence-corrected chi connectivity index (χ1v) is 6.74.